The molecule has 2 atom stereocenters. The fraction of sp³-hybridized carbons (Fsp3) is 0.333. The van der Waals surface area contributed by atoms with E-state index in [1.165, 1.54) is 0 Å². The average molecular weight is 175 g/mol. The van der Waals surface area contributed by atoms with Gasteiger partial charge in [0.2, 0.25) is 0 Å². The van der Waals surface area contributed by atoms with Crippen LogP contribution in [0, 0.1) is 0 Å². The highest BCUT2D eigenvalue weighted by Gasteiger charge is 2.13. The Kier molecular flexibility index (Phi) is 2.22. The van der Waals surface area contributed by atoms with E-state index in [0.29, 0.717) is 0 Å². The van der Waals surface area contributed by atoms with Gasteiger partial charge in [-0.25, -0.2) is 0 Å². The maximum Gasteiger partial charge on any atom is 0.101 e. The van der Waals surface area contributed by atoms with E-state index in [1.807, 2.05) is 11.5 Å². The number of alkyl halides is 1. The summed E-state index contributed by atoms with van der Waals surface area (Å²) in [6.45, 7) is 0. The monoisotopic (exact) mass is 174 g/mol. The Morgan fingerprint density at radius 3 is 2.57 bits per heavy atom. The average Bonchev–Trinajstić information content (AvgIpc) is 1.91. The Labute approximate surface area is 58.5 Å². The molecule has 0 saturated heterocycles. The third-order valence-electron chi connectivity index (χ3n) is 0.593. The Hall–Kier alpha value is 1.02. The van der Waals surface area contributed by atoms with Crippen molar-refractivity contribution in [3.05, 3.63) is 11.5 Å². The lowest BCUT2D eigenvalue weighted by atomic mass is 10.8. The van der Waals surface area contributed by atoms with E-state index in [-0.39, 0.29) is 4.71 Å². The van der Waals surface area contributed by atoms with Crippen LogP contribution in [-0.2, 0) is 0 Å². The third-order valence-corrected chi connectivity index (χ3v) is 6.01. The van der Waals surface area contributed by atoms with E-state index in [9.17, 15) is 0 Å². The zero-order valence-corrected chi connectivity index (χ0v) is 6.57. The van der Waals surface area contributed by atoms with Crippen LogP contribution in [0.25, 0.3) is 0 Å². The quantitative estimate of drug-likeness (QED) is 0.335. The zero-order chi connectivity index (χ0) is 5.28. The predicted molar refractivity (Wildman–Crippen MR) is 41.2 cm³/mol. The van der Waals surface area contributed by atoms with Gasteiger partial charge in [-0.15, -0.1) is 20.7 Å². The lowest BCUT2D eigenvalue weighted by Gasteiger charge is -2.04. The lowest BCUT2D eigenvalue weighted by Crippen LogP contribution is -1.77. The van der Waals surface area contributed by atoms with Crippen LogP contribution in [0.15, 0.2) is 11.5 Å². The molecule has 0 radical (unpaired) electrons. The highest BCUT2D eigenvalue weighted by atomic mass is 35.8. The van der Waals surface area contributed by atoms with E-state index < -0.39 is 9.14 Å². The topological polar surface area (TPSA) is 0 Å². The summed E-state index contributed by atoms with van der Waals surface area (Å²) in [5.74, 6) is 0. The van der Waals surface area contributed by atoms with Gasteiger partial charge in [-0.1, -0.05) is 21.5 Å². The molecule has 1 rings (SSSR count). The van der Waals surface area contributed by atoms with Crippen molar-refractivity contribution in [3.63, 3.8) is 0 Å². The van der Waals surface area contributed by atoms with Crippen molar-refractivity contribution >= 4 is 42.2 Å². The standard InChI is InChI=1S/C3H4Cl2S2/c4-3-1-2-6-7(3)5/h1-3,7H. The maximum absolute atomic E-state index is 5.70. The second kappa shape index (κ2) is 2.53. The maximum atomic E-state index is 5.70. The highest BCUT2D eigenvalue weighted by Crippen LogP contribution is 2.56. The number of rotatable bonds is 0. The van der Waals surface area contributed by atoms with Gasteiger partial charge in [0.25, 0.3) is 0 Å². The predicted octanol–water partition coefficient (Wildman–Crippen LogP) is 2.88. The van der Waals surface area contributed by atoms with Crippen LogP contribution in [0.4, 0.5) is 0 Å². The normalized spacial score (nSPS) is 44.9. The first-order chi connectivity index (χ1) is 3.30. The number of hydrogen-bond acceptors (Lipinski definition) is 1. The van der Waals surface area contributed by atoms with Gasteiger partial charge in [-0.3, -0.25) is 0 Å². The van der Waals surface area contributed by atoms with E-state index in [1.54, 1.807) is 10.8 Å². The summed E-state index contributed by atoms with van der Waals surface area (Å²) in [7, 11) is 6.84. The molecule has 1 heterocycles. The van der Waals surface area contributed by atoms with Gasteiger partial charge in [-0.2, -0.15) is 0 Å². The van der Waals surface area contributed by atoms with Crippen molar-refractivity contribution in [2.24, 2.45) is 0 Å². The minimum atomic E-state index is -0.483. The van der Waals surface area contributed by atoms with Gasteiger partial charge in [0.15, 0.2) is 0 Å². The molecule has 0 fully saturated rings. The van der Waals surface area contributed by atoms with Crippen LogP contribution >= 0.6 is 42.2 Å². The van der Waals surface area contributed by atoms with Gasteiger partial charge in [0, 0.05) is 0 Å². The molecule has 0 spiro atoms. The van der Waals surface area contributed by atoms with E-state index >= 15 is 0 Å². The highest BCUT2D eigenvalue weighted by molar-refractivity contribution is 8.95. The van der Waals surface area contributed by atoms with Crippen LogP contribution in [0.2, 0.25) is 0 Å². The Morgan fingerprint density at radius 1 is 1.71 bits per heavy atom. The fourth-order valence-corrected chi connectivity index (χ4v) is 3.38. The zero-order valence-electron chi connectivity index (χ0n) is 3.34. The van der Waals surface area contributed by atoms with Crippen molar-refractivity contribution in [2.75, 3.05) is 0 Å². The molecule has 0 aromatic heterocycles. The summed E-state index contributed by atoms with van der Waals surface area (Å²) < 4.78 is 0.0988. The molecular formula is C3H4Cl2S2. The summed E-state index contributed by atoms with van der Waals surface area (Å²) in [5, 5.41) is 1.95. The second-order valence-electron chi connectivity index (χ2n) is 1.08. The lowest BCUT2D eigenvalue weighted by molar-refractivity contribution is 1.68. The molecule has 0 bridgehead atoms. The van der Waals surface area contributed by atoms with Crippen molar-refractivity contribution < 1.29 is 0 Å². The molecule has 0 nitrogen and oxygen atoms in total. The molecule has 7 heavy (non-hydrogen) atoms. The molecular weight excluding hydrogens is 171 g/mol. The van der Waals surface area contributed by atoms with Gasteiger partial charge < -0.3 is 0 Å². The summed E-state index contributed by atoms with van der Waals surface area (Å²) in [4.78, 5) is 0. The molecule has 0 aromatic carbocycles. The van der Waals surface area contributed by atoms with E-state index in [0.717, 1.165) is 0 Å². The van der Waals surface area contributed by atoms with E-state index in [2.05, 4.69) is 0 Å². The van der Waals surface area contributed by atoms with Crippen molar-refractivity contribution in [3.8, 4) is 0 Å². The molecule has 0 N–H and O–H groups in total. The van der Waals surface area contributed by atoms with Crippen LogP contribution in [0.5, 0.6) is 0 Å². The minimum Gasteiger partial charge on any atom is -0.106 e. The summed E-state index contributed by atoms with van der Waals surface area (Å²) in [5.41, 5.74) is 0. The Balaban J connectivity index is 2.45. The van der Waals surface area contributed by atoms with Gasteiger partial charge in [-0.05, 0) is 11.5 Å². The molecule has 42 valence electrons. The molecule has 0 saturated carbocycles. The molecule has 4 heteroatoms. The number of halogens is 2. The first kappa shape index (κ1) is 6.14. The molecule has 0 aromatic rings. The van der Waals surface area contributed by atoms with E-state index in [4.69, 9.17) is 22.3 Å². The van der Waals surface area contributed by atoms with Crippen LogP contribution in [0.3, 0.4) is 0 Å². The summed E-state index contributed by atoms with van der Waals surface area (Å²) in [6.07, 6.45) is 1.92. The van der Waals surface area contributed by atoms with Crippen molar-refractivity contribution in [1.82, 2.24) is 0 Å². The number of thiol groups is 1. The molecule has 0 aliphatic carbocycles. The smallest absolute Gasteiger partial charge is 0.101 e. The van der Waals surface area contributed by atoms with Gasteiger partial charge in [0.05, 0.1) is 0 Å². The summed E-state index contributed by atoms with van der Waals surface area (Å²) >= 11 is 5.65. The van der Waals surface area contributed by atoms with Crippen LogP contribution in [-0.4, -0.2) is 4.71 Å². The SMILES string of the molecule is ClC1C=CS[SH]1Cl. The van der Waals surface area contributed by atoms with Crippen molar-refractivity contribution in [1.29, 1.82) is 0 Å². The first-order valence-corrected chi connectivity index (χ1v) is 5.97. The molecule has 1 aliphatic heterocycles. The number of hydrogen-bond donors (Lipinski definition) is 1. The minimum absolute atomic E-state index is 0.0988. The summed E-state index contributed by atoms with van der Waals surface area (Å²) in [6, 6.07) is 0. The Morgan fingerprint density at radius 2 is 2.43 bits per heavy atom. The van der Waals surface area contributed by atoms with Gasteiger partial charge >= 0.3 is 0 Å². The Bertz CT molecular complexity index is 92.9. The molecule has 0 amide bonds. The largest absolute Gasteiger partial charge is 0.106 e. The molecule has 1 aliphatic rings. The van der Waals surface area contributed by atoms with Gasteiger partial charge in [0.1, 0.15) is 4.71 Å². The second-order valence-corrected chi connectivity index (χ2v) is 6.94. The first-order valence-electron chi connectivity index (χ1n) is 1.73. The third kappa shape index (κ3) is 1.46. The van der Waals surface area contributed by atoms with Crippen LogP contribution < -0.4 is 0 Å². The fourth-order valence-electron chi connectivity index (χ4n) is 0.284. The van der Waals surface area contributed by atoms with Crippen LogP contribution in [0.1, 0.15) is 0 Å². The van der Waals surface area contributed by atoms with Crippen molar-refractivity contribution in [2.45, 2.75) is 4.71 Å². The molecule has 2 unspecified atom stereocenters.